The predicted octanol–water partition coefficient (Wildman–Crippen LogP) is 1.63. The molecule has 0 amide bonds. The van der Waals surface area contributed by atoms with E-state index < -0.39 is 0 Å². The van der Waals surface area contributed by atoms with Crippen LogP contribution in [0.5, 0.6) is 0 Å². The molecule has 0 aromatic carbocycles. The number of anilines is 1. The Bertz CT molecular complexity index is 490. The van der Waals surface area contributed by atoms with E-state index in [0.717, 1.165) is 30.9 Å². The van der Waals surface area contributed by atoms with E-state index in [1.54, 1.807) is 0 Å². The second-order valence-electron chi connectivity index (χ2n) is 5.30. The lowest BCUT2D eigenvalue weighted by Crippen LogP contribution is -2.38. The van der Waals surface area contributed by atoms with Gasteiger partial charge in [0.25, 0.3) is 0 Å². The lowest BCUT2D eigenvalue weighted by molar-refractivity contribution is 0.416. The normalized spacial score (nSPS) is 21.1. The molecule has 3 heterocycles. The molecule has 1 aromatic heterocycles. The second kappa shape index (κ2) is 4.65. The number of hydrogen-bond acceptors (Lipinski definition) is 5. The summed E-state index contributed by atoms with van der Waals surface area (Å²) in [6.07, 6.45) is 4.53. The SMILES string of the molecule is CC(C)=NNc1nnc2c3c1CCCC(C2)NC3. The average molecular weight is 245 g/mol. The molecule has 1 aliphatic carbocycles. The minimum absolute atomic E-state index is 0.592. The first-order valence-corrected chi connectivity index (χ1v) is 6.61. The second-order valence-corrected chi connectivity index (χ2v) is 5.30. The minimum atomic E-state index is 0.592. The molecule has 3 aliphatic rings. The van der Waals surface area contributed by atoms with E-state index in [2.05, 4.69) is 26.0 Å². The maximum atomic E-state index is 4.37. The number of hydrogen-bond donors (Lipinski definition) is 2. The van der Waals surface area contributed by atoms with Crippen LogP contribution in [0.2, 0.25) is 0 Å². The summed E-state index contributed by atoms with van der Waals surface area (Å²) in [5.41, 5.74) is 7.86. The van der Waals surface area contributed by atoms with Gasteiger partial charge in [0.2, 0.25) is 0 Å². The summed E-state index contributed by atoms with van der Waals surface area (Å²) in [6, 6.07) is 0.592. The molecule has 1 aromatic rings. The van der Waals surface area contributed by atoms with Crippen LogP contribution in [0, 0.1) is 0 Å². The molecule has 2 N–H and O–H groups in total. The summed E-state index contributed by atoms with van der Waals surface area (Å²) in [6.45, 7) is 4.86. The zero-order chi connectivity index (χ0) is 12.5. The number of fused-ring (bicyclic) bond motifs is 3. The number of nitrogens with one attached hydrogen (secondary N) is 2. The van der Waals surface area contributed by atoms with Gasteiger partial charge in [-0.2, -0.15) is 10.2 Å². The van der Waals surface area contributed by atoms with Gasteiger partial charge in [0.15, 0.2) is 5.82 Å². The van der Waals surface area contributed by atoms with E-state index >= 15 is 0 Å². The van der Waals surface area contributed by atoms with Crippen LogP contribution in [0.1, 0.15) is 43.5 Å². The van der Waals surface area contributed by atoms with Gasteiger partial charge < -0.3 is 5.32 Å². The summed E-state index contributed by atoms with van der Waals surface area (Å²) in [7, 11) is 0. The standard InChI is InChI=1S/C13H19N5/c1-8(2)15-17-13-10-5-3-4-9-6-12(16-18-13)11(10)7-14-9/h9,14H,3-7H2,1-2H3,(H,17,18). The lowest BCUT2D eigenvalue weighted by atomic mass is 9.88. The van der Waals surface area contributed by atoms with E-state index in [9.17, 15) is 0 Å². The Morgan fingerprint density at radius 1 is 1.33 bits per heavy atom. The fourth-order valence-corrected chi connectivity index (χ4v) is 2.73. The molecule has 4 bridgehead atoms. The zero-order valence-electron chi connectivity index (χ0n) is 11.0. The summed E-state index contributed by atoms with van der Waals surface area (Å²) < 4.78 is 0. The summed E-state index contributed by atoms with van der Waals surface area (Å²) in [5, 5.41) is 16.5. The van der Waals surface area contributed by atoms with Gasteiger partial charge in [0.1, 0.15) is 0 Å². The summed E-state index contributed by atoms with van der Waals surface area (Å²) >= 11 is 0. The molecule has 18 heavy (non-hydrogen) atoms. The smallest absolute Gasteiger partial charge is 0.172 e. The van der Waals surface area contributed by atoms with Crippen molar-refractivity contribution >= 4 is 11.5 Å². The average Bonchev–Trinajstić information content (AvgIpc) is 2.33. The molecule has 0 fully saturated rings. The third-order valence-electron chi connectivity index (χ3n) is 3.64. The van der Waals surface area contributed by atoms with E-state index in [0.29, 0.717) is 6.04 Å². The highest BCUT2D eigenvalue weighted by Crippen LogP contribution is 2.29. The Balaban J connectivity index is 2.00. The minimum Gasteiger partial charge on any atom is -0.309 e. The largest absolute Gasteiger partial charge is 0.309 e. The van der Waals surface area contributed by atoms with Crippen LogP contribution in [0.25, 0.3) is 0 Å². The molecule has 1 unspecified atom stereocenters. The third kappa shape index (κ3) is 2.10. The van der Waals surface area contributed by atoms with Crippen molar-refractivity contribution in [2.24, 2.45) is 5.10 Å². The van der Waals surface area contributed by atoms with Crippen LogP contribution in [0.3, 0.4) is 0 Å². The first-order chi connectivity index (χ1) is 8.74. The Labute approximate surface area is 107 Å². The molecular weight excluding hydrogens is 226 g/mol. The van der Waals surface area contributed by atoms with Crippen LogP contribution in [-0.2, 0) is 19.4 Å². The van der Waals surface area contributed by atoms with Crippen LogP contribution in [0.4, 0.5) is 5.82 Å². The van der Waals surface area contributed by atoms with Gasteiger partial charge in [-0.15, -0.1) is 5.10 Å². The Hall–Kier alpha value is -1.49. The van der Waals surface area contributed by atoms with Crippen LogP contribution in [0.15, 0.2) is 5.10 Å². The van der Waals surface area contributed by atoms with Gasteiger partial charge in [-0.05, 0) is 38.7 Å². The van der Waals surface area contributed by atoms with Crippen molar-refractivity contribution < 1.29 is 0 Å². The molecule has 5 heteroatoms. The fraction of sp³-hybridized carbons (Fsp3) is 0.615. The van der Waals surface area contributed by atoms with E-state index in [1.165, 1.54) is 29.7 Å². The van der Waals surface area contributed by atoms with Crippen molar-refractivity contribution in [2.45, 2.75) is 52.1 Å². The van der Waals surface area contributed by atoms with E-state index in [4.69, 9.17) is 0 Å². The van der Waals surface area contributed by atoms with Crippen molar-refractivity contribution in [3.05, 3.63) is 16.8 Å². The maximum Gasteiger partial charge on any atom is 0.172 e. The zero-order valence-corrected chi connectivity index (χ0v) is 11.0. The van der Waals surface area contributed by atoms with Gasteiger partial charge in [-0.3, -0.25) is 5.43 Å². The molecule has 4 rings (SSSR count). The molecule has 0 radical (unpaired) electrons. The van der Waals surface area contributed by atoms with Crippen LogP contribution < -0.4 is 10.7 Å². The first-order valence-electron chi connectivity index (χ1n) is 6.61. The number of nitrogens with zero attached hydrogens (tertiary/aromatic N) is 3. The molecule has 5 nitrogen and oxygen atoms in total. The Kier molecular flexibility index (Phi) is 2.99. The van der Waals surface area contributed by atoms with Gasteiger partial charge in [-0.1, -0.05) is 0 Å². The van der Waals surface area contributed by atoms with E-state index in [-0.39, 0.29) is 0 Å². The summed E-state index contributed by atoms with van der Waals surface area (Å²) in [4.78, 5) is 0. The molecule has 0 spiro atoms. The van der Waals surface area contributed by atoms with E-state index in [1.807, 2.05) is 13.8 Å². The predicted molar refractivity (Wildman–Crippen MR) is 71.7 cm³/mol. The Morgan fingerprint density at radius 2 is 2.22 bits per heavy atom. The van der Waals surface area contributed by atoms with Gasteiger partial charge >= 0.3 is 0 Å². The Morgan fingerprint density at radius 3 is 3.06 bits per heavy atom. The van der Waals surface area contributed by atoms with Gasteiger partial charge in [-0.25, -0.2) is 0 Å². The lowest BCUT2D eigenvalue weighted by Gasteiger charge is -2.30. The molecular formula is C13H19N5. The first kappa shape index (κ1) is 11.6. The van der Waals surface area contributed by atoms with Crippen molar-refractivity contribution in [1.82, 2.24) is 15.5 Å². The molecule has 1 atom stereocenters. The van der Waals surface area contributed by atoms with Crippen molar-refractivity contribution in [2.75, 3.05) is 5.43 Å². The van der Waals surface area contributed by atoms with Gasteiger partial charge in [0.05, 0.1) is 5.69 Å². The highest BCUT2D eigenvalue weighted by molar-refractivity contribution is 5.79. The number of hydrazone groups is 1. The van der Waals surface area contributed by atoms with Crippen molar-refractivity contribution in [1.29, 1.82) is 0 Å². The molecule has 0 saturated heterocycles. The third-order valence-corrected chi connectivity index (χ3v) is 3.64. The maximum absolute atomic E-state index is 4.37. The highest BCUT2D eigenvalue weighted by atomic mass is 15.3. The fourth-order valence-electron chi connectivity index (χ4n) is 2.73. The number of rotatable bonds is 2. The topological polar surface area (TPSA) is 62.2 Å². The quantitative estimate of drug-likeness (QED) is 0.614. The van der Waals surface area contributed by atoms with Crippen molar-refractivity contribution in [3.8, 4) is 0 Å². The monoisotopic (exact) mass is 245 g/mol. The van der Waals surface area contributed by atoms with Crippen molar-refractivity contribution in [3.63, 3.8) is 0 Å². The molecule has 0 saturated carbocycles. The van der Waals surface area contributed by atoms with Crippen LogP contribution in [-0.4, -0.2) is 22.0 Å². The highest BCUT2D eigenvalue weighted by Gasteiger charge is 2.26. The molecule has 96 valence electrons. The molecule has 2 aliphatic heterocycles. The van der Waals surface area contributed by atoms with Crippen LogP contribution >= 0.6 is 0 Å². The summed E-state index contributed by atoms with van der Waals surface area (Å²) in [5.74, 6) is 0.831. The number of aromatic nitrogens is 2. The van der Waals surface area contributed by atoms with Gasteiger partial charge in [0, 0.05) is 30.3 Å².